The predicted octanol–water partition coefficient (Wildman–Crippen LogP) is 5.96. The minimum atomic E-state index is -1.72. The van der Waals surface area contributed by atoms with E-state index in [9.17, 15) is 0 Å². The molecule has 0 saturated carbocycles. The van der Waals surface area contributed by atoms with Crippen molar-refractivity contribution in [3.8, 4) is 0 Å². The van der Waals surface area contributed by atoms with Crippen LogP contribution in [0.1, 0.15) is 73.1 Å². The van der Waals surface area contributed by atoms with Gasteiger partial charge in [-0.1, -0.05) is 94.1 Å². The Balaban J connectivity index is 2.20. The quantitative estimate of drug-likeness (QED) is 0.392. The lowest BCUT2D eigenvalue weighted by Crippen LogP contribution is -2.52. The fourth-order valence-electron chi connectivity index (χ4n) is 3.94. The zero-order valence-corrected chi connectivity index (χ0v) is 19.1. The summed E-state index contributed by atoms with van der Waals surface area (Å²) in [7, 11) is -1.81. The van der Waals surface area contributed by atoms with Gasteiger partial charge in [0.2, 0.25) is 0 Å². The van der Waals surface area contributed by atoms with Crippen LogP contribution in [0.25, 0.3) is 0 Å². The van der Waals surface area contributed by atoms with Gasteiger partial charge in [0.25, 0.3) is 0 Å². The van der Waals surface area contributed by atoms with E-state index in [2.05, 4.69) is 78.0 Å². The average molecular weight is 374 g/mol. The fourth-order valence-corrected chi connectivity index (χ4v) is 7.16. The highest BCUT2D eigenvalue weighted by atomic mass is 28.3. The summed E-state index contributed by atoms with van der Waals surface area (Å²) >= 11 is 0. The number of unbranched alkanes of at least 4 members (excludes halogenated alkanes) is 4. The summed E-state index contributed by atoms with van der Waals surface area (Å²) in [5, 5.41) is 1.51. The molecule has 1 aliphatic rings. The van der Waals surface area contributed by atoms with Crippen LogP contribution < -0.4 is 5.19 Å². The van der Waals surface area contributed by atoms with Gasteiger partial charge in [-0.05, 0) is 33.1 Å². The second kappa shape index (κ2) is 8.62. The molecule has 2 nitrogen and oxygen atoms in total. The molecule has 0 bridgehead atoms. The summed E-state index contributed by atoms with van der Waals surface area (Å²) in [5.74, 6) is 0. The van der Waals surface area contributed by atoms with Crippen molar-refractivity contribution in [1.29, 1.82) is 0 Å². The van der Waals surface area contributed by atoms with Crippen molar-refractivity contribution in [3.05, 3.63) is 30.3 Å². The highest BCUT2D eigenvalue weighted by molar-refractivity contribution is 6.97. The van der Waals surface area contributed by atoms with Crippen LogP contribution in [0.2, 0.25) is 18.5 Å². The first-order valence-electron chi connectivity index (χ1n) is 10.5. The van der Waals surface area contributed by atoms with Crippen LogP contribution in [-0.4, -0.2) is 26.4 Å². The monoisotopic (exact) mass is 374 g/mol. The molecule has 1 aromatic carbocycles. The van der Waals surface area contributed by atoms with Crippen LogP contribution in [0.5, 0.6) is 0 Å². The molecule has 1 saturated heterocycles. The molecule has 0 aliphatic carbocycles. The lowest BCUT2D eigenvalue weighted by atomic mass is 9.80. The molecule has 0 N–H and O–H groups in total. The zero-order chi connectivity index (χ0) is 19.4. The maximum absolute atomic E-state index is 6.52. The van der Waals surface area contributed by atoms with Crippen molar-refractivity contribution in [1.82, 2.24) is 0 Å². The summed E-state index contributed by atoms with van der Waals surface area (Å²) in [6.45, 7) is 15.9. The molecule has 1 unspecified atom stereocenters. The summed E-state index contributed by atoms with van der Waals surface area (Å²) in [5.41, 5.74) is -0.0222. The molecule has 0 aromatic heterocycles. The van der Waals surface area contributed by atoms with Crippen molar-refractivity contribution in [2.24, 2.45) is 0 Å². The van der Waals surface area contributed by atoms with Crippen molar-refractivity contribution >= 4 is 20.4 Å². The molecule has 26 heavy (non-hydrogen) atoms. The molecule has 0 amide bonds. The summed E-state index contributed by atoms with van der Waals surface area (Å²) < 4.78 is 13.0. The number of hydrogen-bond acceptors (Lipinski definition) is 2. The van der Waals surface area contributed by atoms with Crippen molar-refractivity contribution in [2.45, 2.75) is 103 Å². The Kier molecular flexibility index (Phi) is 7.20. The molecule has 1 heterocycles. The van der Waals surface area contributed by atoms with E-state index < -0.39 is 8.07 Å². The van der Waals surface area contributed by atoms with Gasteiger partial charge in [-0.2, -0.15) is 0 Å². The van der Waals surface area contributed by atoms with E-state index in [0.717, 1.165) is 0 Å². The van der Waals surface area contributed by atoms with Gasteiger partial charge in [0, 0.05) is 0 Å². The predicted molar refractivity (Wildman–Crippen MR) is 117 cm³/mol. The molecule has 1 aliphatic heterocycles. The third-order valence-electron chi connectivity index (χ3n) is 6.66. The minimum Gasteiger partial charge on any atom is -0.403 e. The highest BCUT2D eigenvalue weighted by Gasteiger charge is 2.56. The number of benzene rings is 1. The normalized spacial score (nSPS) is 20.3. The molecule has 0 radical (unpaired) electrons. The highest BCUT2D eigenvalue weighted by Crippen LogP contribution is 2.44. The Hall–Kier alpha value is -0.578. The number of hydrogen-bond donors (Lipinski definition) is 0. The molecule has 1 aromatic rings. The third-order valence-corrected chi connectivity index (χ3v) is 10.9. The van der Waals surface area contributed by atoms with Crippen molar-refractivity contribution in [2.75, 3.05) is 0 Å². The van der Waals surface area contributed by atoms with Gasteiger partial charge in [-0.25, -0.2) is 0 Å². The van der Waals surface area contributed by atoms with Crippen LogP contribution in [0.15, 0.2) is 30.3 Å². The van der Waals surface area contributed by atoms with Gasteiger partial charge in [-0.3, -0.25) is 0 Å². The van der Waals surface area contributed by atoms with Gasteiger partial charge < -0.3 is 9.31 Å². The molecule has 1 atom stereocenters. The van der Waals surface area contributed by atoms with E-state index in [1.807, 2.05) is 0 Å². The van der Waals surface area contributed by atoms with E-state index in [4.69, 9.17) is 9.31 Å². The van der Waals surface area contributed by atoms with Crippen LogP contribution in [0, 0.1) is 0 Å². The van der Waals surface area contributed by atoms with Crippen LogP contribution >= 0.6 is 0 Å². The summed E-state index contributed by atoms with van der Waals surface area (Å²) in [4.78, 5) is 0. The van der Waals surface area contributed by atoms with E-state index >= 15 is 0 Å². The maximum atomic E-state index is 6.52. The second-order valence-electron chi connectivity index (χ2n) is 9.52. The van der Waals surface area contributed by atoms with Gasteiger partial charge in [0.15, 0.2) is 0 Å². The Bertz CT molecular complexity index is 541. The first-order chi connectivity index (χ1) is 12.1. The molecular formula is C22H39BO2Si. The lowest BCUT2D eigenvalue weighted by molar-refractivity contribution is 0.00578. The SMILES string of the molecule is CCCCCCCC(B1OC(C)(C)C(C)(C)O1)[Si](C)(C)c1ccccc1. The Labute approximate surface area is 163 Å². The summed E-state index contributed by atoms with van der Waals surface area (Å²) in [6, 6.07) is 11.1. The topological polar surface area (TPSA) is 18.5 Å². The van der Waals surface area contributed by atoms with Crippen molar-refractivity contribution in [3.63, 3.8) is 0 Å². The van der Waals surface area contributed by atoms with Gasteiger partial charge in [0.05, 0.1) is 19.3 Å². The fraction of sp³-hybridized carbons (Fsp3) is 0.727. The molecule has 4 heteroatoms. The van der Waals surface area contributed by atoms with E-state index in [-0.39, 0.29) is 18.3 Å². The van der Waals surface area contributed by atoms with Crippen LogP contribution in [0.4, 0.5) is 0 Å². The Morgan fingerprint density at radius 3 is 1.96 bits per heavy atom. The first kappa shape index (κ1) is 21.7. The van der Waals surface area contributed by atoms with E-state index in [0.29, 0.717) is 5.44 Å². The molecule has 1 fully saturated rings. The standard InChI is InChI=1S/C22H39BO2Si/c1-8-9-10-11-15-18-20(23-24-21(2,3)22(4,5)25-23)26(6,7)19-16-13-12-14-17-19/h12-14,16-17,20H,8-11,15,18H2,1-7H3. The molecule has 0 spiro atoms. The maximum Gasteiger partial charge on any atom is 0.458 e. The third kappa shape index (κ3) is 4.82. The molecule has 2 rings (SSSR count). The smallest absolute Gasteiger partial charge is 0.403 e. The second-order valence-corrected chi connectivity index (χ2v) is 14.3. The van der Waals surface area contributed by atoms with Crippen LogP contribution in [0.3, 0.4) is 0 Å². The lowest BCUT2D eigenvalue weighted by Gasteiger charge is -2.34. The zero-order valence-electron chi connectivity index (χ0n) is 18.1. The Morgan fingerprint density at radius 2 is 1.42 bits per heavy atom. The summed E-state index contributed by atoms with van der Waals surface area (Å²) in [6.07, 6.45) is 7.79. The minimum absolute atomic E-state index is 0.0898. The molecular weight excluding hydrogens is 335 g/mol. The molecule has 146 valence electrons. The van der Waals surface area contributed by atoms with Crippen LogP contribution in [-0.2, 0) is 9.31 Å². The van der Waals surface area contributed by atoms with Crippen molar-refractivity contribution < 1.29 is 9.31 Å². The number of rotatable bonds is 9. The van der Waals surface area contributed by atoms with Gasteiger partial charge >= 0.3 is 7.12 Å². The van der Waals surface area contributed by atoms with Gasteiger partial charge in [-0.15, -0.1) is 0 Å². The van der Waals surface area contributed by atoms with E-state index in [1.165, 1.54) is 43.7 Å². The van der Waals surface area contributed by atoms with Gasteiger partial charge in [0.1, 0.15) is 0 Å². The average Bonchev–Trinajstić information content (AvgIpc) is 2.79. The van der Waals surface area contributed by atoms with E-state index in [1.54, 1.807) is 0 Å². The Morgan fingerprint density at radius 1 is 0.885 bits per heavy atom. The largest absolute Gasteiger partial charge is 0.458 e. The first-order valence-corrected chi connectivity index (χ1v) is 13.6.